The fraction of sp³-hybridized carbons (Fsp3) is 0.353. The molecule has 0 aliphatic rings. The van der Waals surface area contributed by atoms with Crippen molar-refractivity contribution in [2.45, 2.75) is 19.4 Å². The van der Waals surface area contributed by atoms with E-state index in [4.69, 9.17) is 0 Å². The topological polar surface area (TPSA) is 27.6 Å². The normalized spacial score (nSPS) is 12.4. The Morgan fingerprint density at radius 2 is 2.17 bits per heavy atom. The second-order valence-electron chi connectivity index (χ2n) is 5.37. The van der Waals surface area contributed by atoms with Crippen molar-refractivity contribution in [1.82, 2.24) is 10.2 Å². The molecule has 2 rings (SSSR count). The molecule has 0 aliphatic heterocycles. The zero-order chi connectivity index (χ0) is 15.9. The third kappa shape index (κ3) is 6.10. The molecule has 1 N–H and O–H groups in total. The van der Waals surface area contributed by atoms with Gasteiger partial charge in [0.1, 0.15) is 5.82 Å². The van der Waals surface area contributed by atoms with Crippen molar-refractivity contribution < 1.29 is 4.39 Å². The second kappa shape index (κ2) is 9.87. The van der Waals surface area contributed by atoms with Gasteiger partial charge in [0, 0.05) is 27.2 Å². The van der Waals surface area contributed by atoms with Gasteiger partial charge in [0.15, 0.2) is 5.96 Å². The number of hydrogen-bond acceptors (Lipinski definition) is 2. The van der Waals surface area contributed by atoms with Crippen LogP contribution in [0.1, 0.15) is 24.0 Å². The molecule has 1 unspecified atom stereocenters. The number of thiophene rings is 1. The van der Waals surface area contributed by atoms with Gasteiger partial charge in [-0.3, -0.25) is 4.99 Å². The number of nitrogens with zero attached hydrogens (tertiary/aromatic N) is 2. The van der Waals surface area contributed by atoms with Crippen LogP contribution in [0.25, 0.3) is 0 Å². The first-order valence-electron chi connectivity index (χ1n) is 7.28. The van der Waals surface area contributed by atoms with Crippen LogP contribution in [0.2, 0.25) is 0 Å². The molecule has 1 aromatic heterocycles. The van der Waals surface area contributed by atoms with Gasteiger partial charge in [-0.2, -0.15) is 11.3 Å². The Kier molecular flexibility index (Phi) is 8.54. The second-order valence-corrected chi connectivity index (χ2v) is 6.15. The number of rotatable bonds is 5. The van der Waals surface area contributed by atoms with Gasteiger partial charge in [-0.1, -0.05) is 19.1 Å². The highest BCUT2D eigenvalue weighted by molar-refractivity contribution is 14.0. The average Bonchev–Trinajstić information content (AvgIpc) is 3.02. The van der Waals surface area contributed by atoms with Gasteiger partial charge < -0.3 is 10.2 Å². The molecule has 0 saturated heterocycles. The molecule has 1 heterocycles. The van der Waals surface area contributed by atoms with E-state index in [1.165, 1.54) is 11.6 Å². The largest absolute Gasteiger partial charge is 0.356 e. The van der Waals surface area contributed by atoms with E-state index in [-0.39, 0.29) is 29.8 Å². The van der Waals surface area contributed by atoms with Gasteiger partial charge in [-0.25, -0.2) is 4.39 Å². The Morgan fingerprint density at radius 1 is 1.39 bits per heavy atom. The van der Waals surface area contributed by atoms with Crippen molar-refractivity contribution in [2.24, 2.45) is 4.99 Å². The van der Waals surface area contributed by atoms with Crippen LogP contribution in [0, 0.1) is 5.82 Å². The predicted molar refractivity (Wildman–Crippen MR) is 107 cm³/mol. The fourth-order valence-electron chi connectivity index (χ4n) is 2.29. The minimum Gasteiger partial charge on any atom is -0.356 e. The molecule has 0 spiro atoms. The minimum absolute atomic E-state index is 0. The summed E-state index contributed by atoms with van der Waals surface area (Å²) >= 11 is 1.71. The monoisotopic (exact) mass is 447 g/mol. The van der Waals surface area contributed by atoms with E-state index in [0.29, 0.717) is 12.5 Å². The standard InChI is InChI=1S/C17H22FN3S.HI/c1-13(15-7-8-22-12-15)10-20-17(19-2)21(3)11-14-5-4-6-16(18)9-14;/h4-9,12-13H,10-11H2,1-3H3,(H,19,20);1H. The average molecular weight is 447 g/mol. The maximum atomic E-state index is 13.2. The van der Waals surface area contributed by atoms with Crippen LogP contribution in [-0.4, -0.2) is 31.5 Å². The number of aliphatic imine (C=N–C) groups is 1. The van der Waals surface area contributed by atoms with Gasteiger partial charge in [-0.15, -0.1) is 24.0 Å². The first kappa shape index (κ1) is 19.9. The third-order valence-electron chi connectivity index (χ3n) is 3.56. The van der Waals surface area contributed by atoms with Crippen LogP contribution < -0.4 is 5.32 Å². The Balaban J connectivity index is 0.00000264. The molecule has 0 fully saturated rings. The summed E-state index contributed by atoms with van der Waals surface area (Å²) in [4.78, 5) is 6.30. The van der Waals surface area contributed by atoms with Crippen molar-refractivity contribution in [1.29, 1.82) is 0 Å². The highest BCUT2D eigenvalue weighted by Gasteiger charge is 2.10. The molecule has 1 aromatic carbocycles. The molecule has 0 saturated carbocycles. The Hall–Kier alpha value is -1.15. The number of hydrogen-bond donors (Lipinski definition) is 1. The summed E-state index contributed by atoms with van der Waals surface area (Å²) in [6.07, 6.45) is 0. The van der Waals surface area contributed by atoms with Crippen LogP contribution in [-0.2, 0) is 6.54 Å². The third-order valence-corrected chi connectivity index (χ3v) is 4.26. The van der Waals surface area contributed by atoms with Gasteiger partial charge in [0.2, 0.25) is 0 Å². The summed E-state index contributed by atoms with van der Waals surface area (Å²) in [6.45, 7) is 3.62. The van der Waals surface area contributed by atoms with E-state index in [9.17, 15) is 4.39 Å². The van der Waals surface area contributed by atoms with Gasteiger partial charge in [0.05, 0.1) is 0 Å². The maximum Gasteiger partial charge on any atom is 0.193 e. The van der Waals surface area contributed by atoms with Gasteiger partial charge in [0.25, 0.3) is 0 Å². The Morgan fingerprint density at radius 3 is 2.78 bits per heavy atom. The molecule has 0 aliphatic carbocycles. The van der Waals surface area contributed by atoms with Crippen LogP contribution in [0.4, 0.5) is 4.39 Å². The first-order valence-corrected chi connectivity index (χ1v) is 8.22. The summed E-state index contributed by atoms with van der Waals surface area (Å²) in [7, 11) is 3.72. The van der Waals surface area contributed by atoms with E-state index in [1.807, 2.05) is 18.0 Å². The van der Waals surface area contributed by atoms with E-state index in [2.05, 4.69) is 34.1 Å². The number of guanidine groups is 1. The molecule has 6 heteroatoms. The lowest BCUT2D eigenvalue weighted by atomic mass is 10.1. The predicted octanol–water partition coefficient (Wildman–Crippen LogP) is 4.32. The lowest BCUT2D eigenvalue weighted by molar-refractivity contribution is 0.472. The van der Waals surface area contributed by atoms with E-state index >= 15 is 0 Å². The number of benzene rings is 1. The lowest BCUT2D eigenvalue weighted by Crippen LogP contribution is -2.40. The fourth-order valence-corrected chi connectivity index (χ4v) is 3.07. The number of nitrogens with one attached hydrogen (secondary N) is 1. The minimum atomic E-state index is -0.208. The Labute approximate surface area is 158 Å². The molecular weight excluding hydrogens is 424 g/mol. The number of halogens is 2. The molecule has 0 radical (unpaired) electrons. The SMILES string of the molecule is CN=C(NCC(C)c1ccsc1)N(C)Cc1cccc(F)c1.I. The van der Waals surface area contributed by atoms with Crippen LogP contribution in [0.15, 0.2) is 46.1 Å². The summed E-state index contributed by atoms with van der Waals surface area (Å²) in [5, 5.41) is 7.65. The smallest absolute Gasteiger partial charge is 0.193 e. The van der Waals surface area contributed by atoms with Crippen molar-refractivity contribution in [3.8, 4) is 0 Å². The van der Waals surface area contributed by atoms with Crippen molar-refractivity contribution in [2.75, 3.05) is 20.6 Å². The molecular formula is C17H23FIN3S. The lowest BCUT2D eigenvalue weighted by Gasteiger charge is -2.23. The highest BCUT2D eigenvalue weighted by Crippen LogP contribution is 2.17. The van der Waals surface area contributed by atoms with E-state index in [0.717, 1.165) is 18.1 Å². The van der Waals surface area contributed by atoms with E-state index < -0.39 is 0 Å². The van der Waals surface area contributed by atoms with E-state index in [1.54, 1.807) is 30.5 Å². The van der Waals surface area contributed by atoms with Crippen LogP contribution >= 0.6 is 35.3 Å². The first-order chi connectivity index (χ1) is 10.6. The molecule has 0 bridgehead atoms. The zero-order valence-corrected chi connectivity index (χ0v) is 16.8. The molecule has 1 atom stereocenters. The molecule has 23 heavy (non-hydrogen) atoms. The molecule has 0 amide bonds. The summed E-state index contributed by atoms with van der Waals surface area (Å²) < 4.78 is 13.2. The molecule has 2 aromatic rings. The van der Waals surface area contributed by atoms with Crippen LogP contribution in [0.3, 0.4) is 0 Å². The van der Waals surface area contributed by atoms with Crippen molar-refractivity contribution >= 4 is 41.3 Å². The summed E-state index contributed by atoms with van der Waals surface area (Å²) in [5.74, 6) is 1.02. The summed E-state index contributed by atoms with van der Waals surface area (Å²) in [6, 6.07) is 8.81. The summed E-state index contributed by atoms with van der Waals surface area (Å²) in [5.41, 5.74) is 2.26. The quantitative estimate of drug-likeness (QED) is 0.420. The van der Waals surface area contributed by atoms with Crippen molar-refractivity contribution in [3.05, 3.63) is 58.0 Å². The Bertz CT molecular complexity index is 616. The zero-order valence-electron chi connectivity index (χ0n) is 13.6. The molecule has 3 nitrogen and oxygen atoms in total. The van der Waals surface area contributed by atoms with Crippen LogP contribution in [0.5, 0.6) is 0 Å². The van der Waals surface area contributed by atoms with Crippen molar-refractivity contribution in [3.63, 3.8) is 0 Å². The maximum absolute atomic E-state index is 13.2. The van der Waals surface area contributed by atoms with Gasteiger partial charge in [-0.05, 0) is 46.0 Å². The highest BCUT2D eigenvalue weighted by atomic mass is 127. The van der Waals surface area contributed by atoms with Gasteiger partial charge >= 0.3 is 0 Å². The molecule has 126 valence electrons.